The fraction of sp³-hybridized carbons (Fsp3) is 0.926. The van der Waals surface area contributed by atoms with Crippen LogP contribution in [0.5, 0.6) is 0 Å². The molecule has 1 aliphatic carbocycles. The van der Waals surface area contributed by atoms with Crippen LogP contribution in [-0.4, -0.2) is 176 Å². The van der Waals surface area contributed by atoms with Gasteiger partial charge >= 0.3 is 6.09 Å². The van der Waals surface area contributed by atoms with Gasteiger partial charge in [0.25, 0.3) is 0 Å². The minimum atomic E-state index is -1.79. The largest absolute Gasteiger partial charge is 0.444 e. The Balaban J connectivity index is 1.78. The van der Waals surface area contributed by atoms with E-state index in [1.54, 1.807) is 20.8 Å². The van der Waals surface area contributed by atoms with E-state index in [-0.39, 0.29) is 25.9 Å². The molecule has 0 aromatic carbocycles. The predicted octanol–water partition coefficient (Wildman–Crippen LogP) is -6.86. The lowest BCUT2D eigenvalue weighted by molar-refractivity contribution is -0.332. The fourth-order valence-corrected chi connectivity index (χ4v) is 5.53. The van der Waals surface area contributed by atoms with Crippen LogP contribution in [0, 0.1) is 0 Å². The van der Waals surface area contributed by atoms with E-state index in [4.69, 9.17) is 40.9 Å². The molecule has 2 saturated heterocycles. The number of ether oxygens (including phenoxy) is 5. The molecule has 16 atom stereocenters. The van der Waals surface area contributed by atoms with Gasteiger partial charge < -0.3 is 92.4 Å². The average molecular weight is 686 g/mol. The van der Waals surface area contributed by atoms with Crippen LogP contribution in [-0.2, 0) is 28.5 Å². The molecule has 47 heavy (non-hydrogen) atoms. The molecule has 0 radical (unpaired) electrons. The number of alkyl carbamates (subject to hydrolysis) is 1. The third-order valence-corrected chi connectivity index (χ3v) is 8.15. The zero-order valence-electron chi connectivity index (χ0n) is 26.4. The maximum Gasteiger partial charge on any atom is 0.407 e. The smallest absolute Gasteiger partial charge is 0.407 e. The first kappa shape index (κ1) is 39.6. The SMILES string of the molecule is CC(C)(C)OC(=O)NCCC(O)C(=O)NC1CC(N)C(OC2OC(CN)C(O)C(O)C2O)C(O)C1OC1OC(CO)C(O)C(N)C1O. The summed E-state index contributed by atoms with van der Waals surface area (Å²) < 4.78 is 27.8. The van der Waals surface area contributed by atoms with Gasteiger partial charge in [-0.25, -0.2) is 4.79 Å². The number of hydrogen-bond acceptors (Lipinski definition) is 18. The van der Waals surface area contributed by atoms with E-state index < -0.39 is 122 Å². The Morgan fingerprint density at radius 3 is 2.06 bits per heavy atom. The molecule has 16 unspecified atom stereocenters. The van der Waals surface area contributed by atoms with Crippen molar-refractivity contribution < 1.29 is 74.1 Å². The quantitative estimate of drug-likeness (QED) is 0.0960. The Morgan fingerprint density at radius 2 is 1.47 bits per heavy atom. The van der Waals surface area contributed by atoms with E-state index >= 15 is 0 Å². The van der Waals surface area contributed by atoms with Crippen molar-refractivity contribution >= 4 is 12.0 Å². The molecular weight excluding hydrogens is 634 g/mol. The number of carbonyl (C=O) groups excluding carboxylic acids is 2. The molecule has 0 bridgehead atoms. The maximum absolute atomic E-state index is 13.0. The number of hydrogen-bond donors (Lipinski definition) is 13. The normalized spacial score (nSPS) is 42.0. The van der Waals surface area contributed by atoms with E-state index in [1.807, 2.05) is 0 Å². The van der Waals surface area contributed by atoms with Crippen LogP contribution in [0.3, 0.4) is 0 Å². The molecule has 16 N–H and O–H groups in total. The third kappa shape index (κ3) is 9.86. The molecule has 3 fully saturated rings. The lowest BCUT2D eigenvalue weighted by atomic mass is 9.83. The van der Waals surface area contributed by atoms with Gasteiger partial charge in [0.05, 0.1) is 18.7 Å². The molecule has 2 aliphatic heterocycles. The molecule has 20 heteroatoms. The highest BCUT2D eigenvalue weighted by Gasteiger charge is 2.52. The van der Waals surface area contributed by atoms with Crippen LogP contribution in [0.2, 0.25) is 0 Å². The molecular formula is C27H51N5O15. The van der Waals surface area contributed by atoms with Crippen LogP contribution in [0.1, 0.15) is 33.6 Å². The van der Waals surface area contributed by atoms with Gasteiger partial charge in [-0.3, -0.25) is 4.79 Å². The van der Waals surface area contributed by atoms with Gasteiger partial charge in [0.15, 0.2) is 12.6 Å². The monoisotopic (exact) mass is 685 g/mol. The van der Waals surface area contributed by atoms with E-state index in [1.165, 1.54) is 0 Å². The summed E-state index contributed by atoms with van der Waals surface area (Å²) in [5.74, 6) is -0.937. The van der Waals surface area contributed by atoms with Crippen LogP contribution < -0.4 is 27.8 Å². The highest BCUT2D eigenvalue weighted by atomic mass is 16.7. The second kappa shape index (κ2) is 16.7. The summed E-state index contributed by atoms with van der Waals surface area (Å²) in [6.45, 7) is 3.90. The van der Waals surface area contributed by atoms with Crippen molar-refractivity contribution in [2.75, 3.05) is 19.7 Å². The number of amides is 2. The lowest BCUT2D eigenvalue weighted by Gasteiger charge is -2.49. The van der Waals surface area contributed by atoms with Gasteiger partial charge in [0, 0.05) is 19.1 Å². The first-order valence-corrected chi connectivity index (χ1v) is 15.4. The Morgan fingerprint density at radius 1 is 0.872 bits per heavy atom. The fourth-order valence-electron chi connectivity index (χ4n) is 5.53. The number of nitrogens with one attached hydrogen (secondary N) is 2. The van der Waals surface area contributed by atoms with Crippen molar-refractivity contribution in [2.45, 2.75) is 137 Å². The van der Waals surface area contributed by atoms with Crippen LogP contribution in [0.4, 0.5) is 4.79 Å². The van der Waals surface area contributed by atoms with Gasteiger partial charge in [-0.1, -0.05) is 0 Å². The minimum absolute atomic E-state index is 0.134. The van der Waals surface area contributed by atoms with Crippen molar-refractivity contribution in [3.63, 3.8) is 0 Å². The molecule has 2 amide bonds. The topological polar surface area (TPSA) is 344 Å². The first-order valence-electron chi connectivity index (χ1n) is 15.4. The van der Waals surface area contributed by atoms with Crippen molar-refractivity contribution in [1.29, 1.82) is 0 Å². The van der Waals surface area contributed by atoms with Gasteiger partial charge in [-0.05, 0) is 33.6 Å². The Kier molecular flexibility index (Phi) is 14.1. The molecule has 274 valence electrons. The van der Waals surface area contributed by atoms with E-state index in [9.17, 15) is 50.4 Å². The highest BCUT2D eigenvalue weighted by molar-refractivity contribution is 5.81. The van der Waals surface area contributed by atoms with Crippen LogP contribution in [0.25, 0.3) is 0 Å². The van der Waals surface area contributed by atoms with Crippen LogP contribution in [0.15, 0.2) is 0 Å². The molecule has 2 heterocycles. The van der Waals surface area contributed by atoms with Gasteiger partial charge in [-0.2, -0.15) is 0 Å². The van der Waals surface area contributed by atoms with Gasteiger partial charge in [0.2, 0.25) is 5.91 Å². The van der Waals surface area contributed by atoms with E-state index in [0.29, 0.717) is 0 Å². The summed E-state index contributed by atoms with van der Waals surface area (Å²) in [5.41, 5.74) is 17.0. The number of nitrogens with two attached hydrogens (primary N) is 3. The highest BCUT2D eigenvalue weighted by Crippen LogP contribution is 2.32. The number of aliphatic hydroxyl groups is 8. The van der Waals surface area contributed by atoms with Crippen LogP contribution >= 0.6 is 0 Å². The second-order valence-corrected chi connectivity index (χ2v) is 13.0. The molecule has 0 aromatic rings. The molecule has 1 saturated carbocycles. The van der Waals surface area contributed by atoms with Gasteiger partial charge in [-0.15, -0.1) is 0 Å². The summed E-state index contributed by atoms with van der Waals surface area (Å²) in [4.78, 5) is 24.9. The van der Waals surface area contributed by atoms with E-state index in [2.05, 4.69) is 10.6 Å². The number of rotatable bonds is 11. The second-order valence-electron chi connectivity index (χ2n) is 13.0. The number of aliphatic hydroxyl groups excluding tert-OH is 8. The van der Waals surface area contributed by atoms with E-state index in [0.717, 1.165) is 0 Å². The molecule has 0 spiro atoms. The molecule has 3 aliphatic rings. The standard InChI is InChI=1S/C27H51N5O15/c1-27(2,3)47-26(42)31-5-4-11(34)23(41)32-10-6-9(29)21(45-25-19(39)18(38)16(36)12(7-28)43-25)20(40)22(10)46-24-17(37)14(30)15(35)13(8-33)44-24/h9-22,24-25,33-40H,4-8,28-30H2,1-3H3,(H,31,42)(H,32,41). The zero-order chi connectivity index (χ0) is 35.4. The van der Waals surface area contributed by atoms with Crippen molar-refractivity contribution in [2.24, 2.45) is 17.2 Å². The van der Waals surface area contributed by atoms with Crippen molar-refractivity contribution in [1.82, 2.24) is 10.6 Å². The summed E-state index contributed by atoms with van der Waals surface area (Å²) in [7, 11) is 0. The zero-order valence-corrected chi connectivity index (χ0v) is 26.4. The van der Waals surface area contributed by atoms with Gasteiger partial charge in [0.1, 0.15) is 72.7 Å². The number of carbonyl (C=O) groups is 2. The summed E-state index contributed by atoms with van der Waals surface area (Å²) in [6, 6.07) is -3.64. The Hall–Kier alpha value is -1.86. The summed E-state index contributed by atoms with van der Waals surface area (Å²) in [6.07, 6.45) is -21.5. The lowest BCUT2D eigenvalue weighted by Crippen LogP contribution is -2.69. The Bertz CT molecular complexity index is 1020. The van der Waals surface area contributed by atoms with Crippen molar-refractivity contribution in [3.05, 3.63) is 0 Å². The maximum atomic E-state index is 13.0. The predicted molar refractivity (Wildman–Crippen MR) is 157 cm³/mol. The molecule has 3 rings (SSSR count). The Labute approximate surface area is 271 Å². The summed E-state index contributed by atoms with van der Waals surface area (Å²) >= 11 is 0. The third-order valence-electron chi connectivity index (χ3n) is 8.15. The summed E-state index contributed by atoms with van der Waals surface area (Å²) in [5, 5.41) is 88.4. The first-order chi connectivity index (χ1) is 21.9. The minimum Gasteiger partial charge on any atom is -0.444 e. The molecule has 0 aromatic heterocycles. The van der Waals surface area contributed by atoms with Crippen molar-refractivity contribution in [3.8, 4) is 0 Å². The average Bonchev–Trinajstić information content (AvgIpc) is 2.99. The molecule has 20 nitrogen and oxygen atoms in total.